The van der Waals surface area contributed by atoms with Crippen LogP contribution < -0.4 is 5.32 Å². The maximum atomic E-state index is 13.7. The second-order valence-electron chi connectivity index (χ2n) is 9.11. The van der Waals surface area contributed by atoms with E-state index in [0.29, 0.717) is 29.4 Å². The van der Waals surface area contributed by atoms with Crippen LogP contribution in [0.15, 0.2) is 42.5 Å². The first-order valence-electron chi connectivity index (χ1n) is 11.6. The van der Waals surface area contributed by atoms with Crippen LogP contribution in [-0.2, 0) is 20.9 Å². The second kappa shape index (κ2) is 11.0. The molecule has 1 heterocycles. The van der Waals surface area contributed by atoms with Crippen LogP contribution in [0.2, 0.25) is 0 Å². The van der Waals surface area contributed by atoms with Crippen molar-refractivity contribution in [2.24, 2.45) is 0 Å². The number of nitrogens with one attached hydrogen (secondary N) is 1. The molecule has 0 aliphatic carbocycles. The molecule has 4 nitrogen and oxygen atoms in total. The van der Waals surface area contributed by atoms with Crippen molar-refractivity contribution in [3.8, 4) is 0 Å². The Hall–Kier alpha value is -2.26. The van der Waals surface area contributed by atoms with Crippen molar-refractivity contribution >= 4 is 24.8 Å². The van der Waals surface area contributed by atoms with Gasteiger partial charge in [0.05, 0.1) is 0 Å². The van der Waals surface area contributed by atoms with Crippen LogP contribution in [0.1, 0.15) is 49.3 Å². The Morgan fingerprint density at radius 1 is 1.06 bits per heavy atom. The molecule has 0 radical (unpaired) electrons. The molecular weight excluding hydrogens is 424 g/mol. The first kappa shape index (κ1) is 24.4. The van der Waals surface area contributed by atoms with Crippen LogP contribution in [0.25, 0.3) is 0 Å². The van der Waals surface area contributed by atoms with Gasteiger partial charge in [-0.15, -0.1) is 0 Å². The number of halogens is 1. The SMILES string of the molecule is CCC(C(=O)Nc1c(C)cc(F)cc1C)[PH]1(CC(=O)OCc2ccccc2)CCCCC1. The number of carbonyl (C=O) groups is 2. The summed E-state index contributed by atoms with van der Waals surface area (Å²) in [6, 6.07) is 12.6. The summed E-state index contributed by atoms with van der Waals surface area (Å²) in [6.45, 7) is 5.91. The molecule has 1 N–H and O–H groups in total. The Balaban J connectivity index is 1.76. The quantitative estimate of drug-likeness (QED) is 0.399. The molecule has 1 atom stereocenters. The number of hydrogen-bond donors (Lipinski definition) is 1. The van der Waals surface area contributed by atoms with Crippen LogP contribution in [0.5, 0.6) is 0 Å². The number of amides is 1. The average Bonchev–Trinajstić information content (AvgIpc) is 2.76. The van der Waals surface area contributed by atoms with Crippen molar-refractivity contribution in [1.82, 2.24) is 0 Å². The third-order valence-electron chi connectivity index (χ3n) is 6.80. The molecule has 1 amide bonds. The van der Waals surface area contributed by atoms with Gasteiger partial charge in [-0.1, -0.05) is 0 Å². The van der Waals surface area contributed by atoms with Gasteiger partial charge in [0.1, 0.15) is 0 Å². The number of carbonyl (C=O) groups excluding carboxylic acids is 2. The third-order valence-corrected chi connectivity index (χ3v) is 12.6. The summed E-state index contributed by atoms with van der Waals surface area (Å²) in [5, 5.41) is 3.09. The number of anilines is 1. The number of ether oxygens (including phenoxy) is 1. The summed E-state index contributed by atoms with van der Waals surface area (Å²) in [6.07, 6.45) is 6.31. The van der Waals surface area contributed by atoms with Gasteiger partial charge in [0.25, 0.3) is 0 Å². The fourth-order valence-corrected chi connectivity index (χ4v) is 10.8. The van der Waals surface area contributed by atoms with E-state index in [0.717, 1.165) is 37.1 Å². The first-order chi connectivity index (χ1) is 15.3. The molecule has 1 aliphatic rings. The van der Waals surface area contributed by atoms with Gasteiger partial charge in [0.15, 0.2) is 0 Å². The zero-order chi connectivity index (χ0) is 23.1. The molecule has 0 aromatic heterocycles. The molecule has 174 valence electrons. The molecular formula is C26H35FNO3P. The van der Waals surface area contributed by atoms with E-state index in [1.807, 2.05) is 37.3 Å². The second-order valence-corrected chi connectivity index (χ2v) is 13.9. The van der Waals surface area contributed by atoms with Gasteiger partial charge < -0.3 is 0 Å². The molecule has 1 aliphatic heterocycles. The number of aryl methyl sites for hydroxylation is 2. The van der Waals surface area contributed by atoms with Crippen molar-refractivity contribution in [3.63, 3.8) is 0 Å². The van der Waals surface area contributed by atoms with Crippen LogP contribution in [-0.4, -0.2) is 36.0 Å². The molecule has 6 heteroatoms. The zero-order valence-corrected chi connectivity index (χ0v) is 20.4. The molecule has 1 saturated heterocycles. The van der Waals surface area contributed by atoms with Crippen molar-refractivity contribution < 1.29 is 18.7 Å². The van der Waals surface area contributed by atoms with Crippen LogP contribution in [0.4, 0.5) is 10.1 Å². The van der Waals surface area contributed by atoms with E-state index in [1.54, 1.807) is 13.8 Å². The molecule has 3 rings (SSSR count). The fourth-order valence-electron chi connectivity index (χ4n) is 5.20. The van der Waals surface area contributed by atoms with E-state index in [1.165, 1.54) is 12.1 Å². The molecule has 0 saturated carbocycles. The normalized spacial score (nSPS) is 17.2. The molecule has 32 heavy (non-hydrogen) atoms. The van der Waals surface area contributed by atoms with E-state index in [9.17, 15) is 14.0 Å². The van der Waals surface area contributed by atoms with E-state index < -0.39 is 7.26 Å². The molecule has 1 unspecified atom stereocenters. The van der Waals surface area contributed by atoms with E-state index >= 15 is 0 Å². The summed E-state index contributed by atoms with van der Waals surface area (Å²) < 4.78 is 19.3. The Morgan fingerprint density at radius 2 is 1.69 bits per heavy atom. The van der Waals surface area contributed by atoms with E-state index in [2.05, 4.69) is 5.32 Å². The molecule has 1 fully saturated rings. The summed E-state index contributed by atoms with van der Waals surface area (Å²) >= 11 is 0. The standard InChI is InChI=1S/C26H35FNO3P/c1-4-23(26(30)28-25-19(2)15-22(27)16-20(25)3)32(13-9-6-10-14-32)18-24(29)31-17-21-11-7-5-8-12-21/h5,7-8,11-12,15-16,23,32H,4,6,9-10,13-14,17-18H2,1-3H3,(H,28,30). The van der Waals surface area contributed by atoms with E-state index in [-0.39, 0.29) is 30.0 Å². The van der Waals surface area contributed by atoms with Gasteiger partial charge in [0.2, 0.25) is 0 Å². The average molecular weight is 460 g/mol. The van der Waals surface area contributed by atoms with Crippen LogP contribution in [0.3, 0.4) is 0 Å². The van der Waals surface area contributed by atoms with Gasteiger partial charge in [-0.3, -0.25) is 0 Å². The Bertz CT molecular complexity index is 918. The third kappa shape index (κ3) is 5.95. The van der Waals surface area contributed by atoms with Gasteiger partial charge in [-0.05, 0) is 0 Å². The van der Waals surface area contributed by atoms with Crippen molar-refractivity contribution in [1.29, 1.82) is 0 Å². The number of benzene rings is 2. The zero-order valence-electron chi connectivity index (χ0n) is 19.4. The molecule has 2 aromatic carbocycles. The predicted octanol–water partition coefficient (Wildman–Crippen LogP) is 5.84. The van der Waals surface area contributed by atoms with Gasteiger partial charge in [0, 0.05) is 0 Å². The summed E-state index contributed by atoms with van der Waals surface area (Å²) in [7, 11) is -2.24. The summed E-state index contributed by atoms with van der Waals surface area (Å²) in [5.41, 5.74) is 2.91. The molecule has 0 bridgehead atoms. The maximum absolute atomic E-state index is 13.7. The van der Waals surface area contributed by atoms with Crippen LogP contribution in [0, 0.1) is 19.7 Å². The van der Waals surface area contributed by atoms with Crippen molar-refractivity contribution in [3.05, 3.63) is 65.0 Å². The summed E-state index contributed by atoms with van der Waals surface area (Å²) in [5.74, 6) is -0.526. The molecule has 2 aromatic rings. The van der Waals surface area contributed by atoms with Gasteiger partial charge >= 0.3 is 191 Å². The Morgan fingerprint density at radius 3 is 2.28 bits per heavy atom. The summed E-state index contributed by atoms with van der Waals surface area (Å²) in [4.78, 5) is 26.4. The topological polar surface area (TPSA) is 55.4 Å². The fraction of sp³-hybridized carbons (Fsp3) is 0.462. The Kier molecular flexibility index (Phi) is 8.42. The molecule has 0 spiro atoms. The van der Waals surface area contributed by atoms with Crippen LogP contribution >= 0.6 is 7.26 Å². The number of esters is 1. The predicted molar refractivity (Wildman–Crippen MR) is 132 cm³/mol. The Labute approximate surface area is 191 Å². The first-order valence-corrected chi connectivity index (χ1v) is 14.3. The number of hydrogen-bond acceptors (Lipinski definition) is 3. The van der Waals surface area contributed by atoms with Gasteiger partial charge in [-0.2, -0.15) is 0 Å². The number of rotatable bonds is 8. The van der Waals surface area contributed by atoms with Crippen molar-refractivity contribution in [2.45, 2.75) is 58.7 Å². The monoisotopic (exact) mass is 459 g/mol. The minimum absolute atomic E-state index is 0.0327. The van der Waals surface area contributed by atoms with Crippen molar-refractivity contribution in [2.75, 3.05) is 23.8 Å². The van der Waals surface area contributed by atoms with Gasteiger partial charge in [-0.25, -0.2) is 0 Å². The minimum atomic E-state index is -2.24. The van der Waals surface area contributed by atoms with E-state index in [4.69, 9.17) is 4.74 Å².